The van der Waals surface area contributed by atoms with Crippen LogP contribution in [-0.2, 0) is 10.9 Å². The van der Waals surface area contributed by atoms with Gasteiger partial charge in [0.2, 0.25) is 0 Å². The molecular formula is C25H28ClF3N6O2. The lowest BCUT2D eigenvalue weighted by Crippen LogP contribution is -2.50. The number of alkyl halides is 3. The Bertz CT molecular complexity index is 1290. The number of fused-ring (bicyclic) bond motifs is 1. The Morgan fingerprint density at radius 1 is 1.08 bits per heavy atom. The minimum Gasteiger partial charge on any atom is -0.444 e. The van der Waals surface area contributed by atoms with E-state index in [2.05, 4.69) is 25.6 Å². The monoisotopic (exact) mass is 536 g/mol. The Balaban J connectivity index is 1.55. The van der Waals surface area contributed by atoms with Crippen LogP contribution in [0.15, 0.2) is 36.4 Å². The van der Waals surface area contributed by atoms with Crippen molar-refractivity contribution in [1.29, 1.82) is 0 Å². The maximum absolute atomic E-state index is 13.2. The van der Waals surface area contributed by atoms with E-state index in [1.165, 1.54) is 6.07 Å². The summed E-state index contributed by atoms with van der Waals surface area (Å²) in [6.45, 7) is 9.32. The van der Waals surface area contributed by atoms with Crippen LogP contribution in [0.1, 0.15) is 44.9 Å². The molecule has 0 unspecified atom stereocenters. The number of carbonyl (C=O) groups excluding carboxylic acids is 1. The van der Waals surface area contributed by atoms with Crippen LogP contribution < -0.4 is 10.2 Å². The summed E-state index contributed by atoms with van der Waals surface area (Å²) in [5.74, 6) is 0.353. The van der Waals surface area contributed by atoms with Gasteiger partial charge in [0.05, 0.1) is 22.0 Å². The predicted octanol–water partition coefficient (Wildman–Crippen LogP) is 5.93. The lowest BCUT2D eigenvalue weighted by molar-refractivity contribution is -0.137. The Morgan fingerprint density at radius 2 is 1.78 bits per heavy atom. The van der Waals surface area contributed by atoms with Crippen LogP contribution in [0, 0.1) is 0 Å². The molecule has 1 saturated heterocycles. The summed E-state index contributed by atoms with van der Waals surface area (Å²) in [5.41, 5.74) is 0.391. The number of anilines is 2. The third-order valence-electron chi connectivity index (χ3n) is 5.96. The van der Waals surface area contributed by atoms with Gasteiger partial charge in [-0.25, -0.2) is 4.79 Å². The first kappa shape index (κ1) is 26.7. The minimum absolute atomic E-state index is 0.349. The topological polar surface area (TPSA) is 83.5 Å². The fraction of sp³-hybridized carbons (Fsp3) is 0.440. The van der Waals surface area contributed by atoms with Gasteiger partial charge in [0, 0.05) is 31.9 Å². The van der Waals surface area contributed by atoms with Gasteiger partial charge in [-0.1, -0.05) is 23.7 Å². The molecule has 0 bridgehead atoms. The molecule has 1 amide bonds. The van der Waals surface area contributed by atoms with Crippen LogP contribution >= 0.6 is 11.6 Å². The van der Waals surface area contributed by atoms with Crippen molar-refractivity contribution in [1.82, 2.24) is 20.3 Å². The Kier molecular flexibility index (Phi) is 7.36. The molecule has 0 spiro atoms. The van der Waals surface area contributed by atoms with Gasteiger partial charge in [-0.05, 0) is 62.7 Å². The maximum atomic E-state index is 13.2. The molecule has 1 aliphatic rings. The second kappa shape index (κ2) is 10.2. The smallest absolute Gasteiger partial charge is 0.416 e. The highest BCUT2D eigenvalue weighted by Crippen LogP contribution is 2.34. The van der Waals surface area contributed by atoms with E-state index in [0.717, 1.165) is 17.8 Å². The van der Waals surface area contributed by atoms with Crippen LogP contribution in [0.5, 0.6) is 0 Å². The molecule has 1 aliphatic heterocycles. The van der Waals surface area contributed by atoms with Crippen LogP contribution in [0.25, 0.3) is 10.9 Å². The van der Waals surface area contributed by atoms with Gasteiger partial charge in [0.25, 0.3) is 0 Å². The minimum atomic E-state index is -4.44. The molecule has 198 valence electrons. The SMILES string of the molecule is C[C@@H](Nc1nnnc2c(Cl)cc(N3CCN(C(=O)OC(C)(C)C)CC3)cc12)c1cccc(C(F)(F)F)c1. The molecule has 37 heavy (non-hydrogen) atoms. The van der Waals surface area contributed by atoms with Gasteiger partial charge >= 0.3 is 12.3 Å². The van der Waals surface area contributed by atoms with Gasteiger partial charge in [0.1, 0.15) is 11.1 Å². The molecular weight excluding hydrogens is 509 g/mol. The number of nitrogens with one attached hydrogen (secondary N) is 1. The molecule has 1 fully saturated rings. The van der Waals surface area contributed by atoms with Crippen molar-refractivity contribution in [2.45, 2.75) is 45.5 Å². The van der Waals surface area contributed by atoms with Crippen molar-refractivity contribution in [3.8, 4) is 0 Å². The number of aromatic nitrogens is 3. The summed E-state index contributed by atoms with van der Waals surface area (Å²) in [7, 11) is 0. The van der Waals surface area contributed by atoms with E-state index in [1.54, 1.807) is 24.0 Å². The summed E-state index contributed by atoms with van der Waals surface area (Å²) in [4.78, 5) is 16.2. The summed E-state index contributed by atoms with van der Waals surface area (Å²) >= 11 is 6.54. The zero-order valence-electron chi connectivity index (χ0n) is 20.9. The lowest BCUT2D eigenvalue weighted by Gasteiger charge is -2.37. The summed E-state index contributed by atoms with van der Waals surface area (Å²) in [5, 5.41) is 16.0. The molecule has 2 aromatic carbocycles. The number of carbonyl (C=O) groups is 1. The standard InChI is InChI=1S/C25H28ClF3N6O2/c1-15(16-6-5-7-17(12-16)25(27,28)29)30-22-19-13-18(14-20(26)21(19)31-33-32-22)34-8-10-35(11-9-34)23(36)37-24(2,3)4/h5-7,12-15H,8-11H2,1-4H3,(H,30,31,32)/t15-/m1/s1. The number of ether oxygens (including phenoxy) is 1. The first-order valence-corrected chi connectivity index (χ1v) is 12.2. The van der Waals surface area contributed by atoms with Crippen LogP contribution in [-0.4, -0.2) is 58.2 Å². The Morgan fingerprint density at radius 3 is 2.43 bits per heavy atom. The largest absolute Gasteiger partial charge is 0.444 e. The highest BCUT2D eigenvalue weighted by Gasteiger charge is 2.31. The first-order chi connectivity index (χ1) is 17.3. The molecule has 0 saturated carbocycles. The van der Waals surface area contributed by atoms with Crippen LogP contribution in [0.3, 0.4) is 0 Å². The van der Waals surface area contributed by atoms with E-state index >= 15 is 0 Å². The van der Waals surface area contributed by atoms with Crippen molar-refractivity contribution >= 4 is 40.1 Å². The Labute approximate surface area is 217 Å². The molecule has 2 heterocycles. The zero-order valence-corrected chi connectivity index (χ0v) is 21.7. The second-order valence-electron chi connectivity index (χ2n) is 9.91. The maximum Gasteiger partial charge on any atom is 0.416 e. The van der Waals surface area contributed by atoms with Crippen molar-refractivity contribution in [3.05, 3.63) is 52.5 Å². The highest BCUT2D eigenvalue weighted by molar-refractivity contribution is 6.35. The fourth-order valence-electron chi connectivity index (χ4n) is 4.07. The fourth-order valence-corrected chi connectivity index (χ4v) is 4.32. The van der Waals surface area contributed by atoms with Gasteiger partial charge in [-0.15, -0.1) is 10.2 Å². The van der Waals surface area contributed by atoms with E-state index in [4.69, 9.17) is 16.3 Å². The summed E-state index contributed by atoms with van der Waals surface area (Å²) in [6, 6.07) is 8.28. The van der Waals surface area contributed by atoms with Crippen molar-refractivity contribution in [2.24, 2.45) is 0 Å². The second-order valence-corrected chi connectivity index (χ2v) is 10.3. The van der Waals surface area contributed by atoms with Crippen LogP contribution in [0.4, 0.5) is 29.5 Å². The molecule has 0 aliphatic carbocycles. The number of benzene rings is 2. The molecule has 0 radical (unpaired) electrons. The van der Waals surface area contributed by atoms with Gasteiger partial charge in [-0.3, -0.25) is 0 Å². The normalized spacial score (nSPS) is 15.6. The van der Waals surface area contributed by atoms with Crippen molar-refractivity contribution in [3.63, 3.8) is 0 Å². The molecule has 4 rings (SSSR count). The lowest BCUT2D eigenvalue weighted by atomic mass is 10.0. The highest BCUT2D eigenvalue weighted by atomic mass is 35.5. The van der Waals surface area contributed by atoms with Gasteiger partial charge < -0.3 is 19.9 Å². The van der Waals surface area contributed by atoms with E-state index in [1.807, 2.05) is 26.8 Å². The number of amides is 1. The predicted molar refractivity (Wildman–Crippen MR) is 136 cm³/mol. The van der Waals surface area contributed by atoms with E-state index < -0.39 is 23.4 Å². The van der Waals surface area contributed by atoms with Crippen molar-refractivity contribution < 1.29 is 22.7 Å². The first-order valence-electron chi connectivity index (χ1n) is 11.8. The van der Waals surface area contributed by atoms with Crippen LogP contribution in [0.2, 0.25) is 5.02 Å². The molecule has 1 aromatic heterocycles. The zero-order chi connectivity index (χ0) is 27.0. The summed E-state index contributed by atoms with van der Waals surface area (Å²) in [6.07, 6.45) is -4.78. The molecule has 8 nitrogen and oxygen atoms in total. The van der Waals surface area contributed by atoms with Gasteiger partial charge in [0.15, 0.2) is 5.82 Å². The third kappa shape index (κ3) is 6.33. The number of piperazine rings is 1. The van der Waals surface area contributed by atoms with E-state index in [0.29, 0.717) is 53.5 Å². The van der Waals surface area contributed by atoms with Crippen molar-refractivity contribution in [2.75, 3.05) is 36.4 Å². The number of hydrogen-bond donors (Lipinski definition) is 1. The van der Waals surface area contributed by atoms with E-state index in [9.17, 15) is 18.0 Å². The quantitative estimate of drug-likeness (QED) is 0.442. The summed E-state index contributed by atoms with van der Waals surface area (Å²) < 4.78 is 45.0. The Hall–Kier alpha value is -3.34. The number of rotatable bonds is 4. The third-order valence-corrected chi connectivity index (χ3v) is 6.24. The molecule has 1 atom stereocenters. The van der Waals surface area contributed by atoms with E-state index in [-0.39, 0.29) is 6.09 Å². The average Bonchev–Trinajstić information content (AvgIpc) is 2.83. The number of hydrogen-bond acceptors (Lipinski definition) is 7. The number of nitrogens with zero attached hydrogens (tertiary/aromatic N) is 5. The average molecular weight is 537 g/mol. The molecule has 3 aromatic rings. The van der Waals surface area contributed by atoms with Gasteiger partial charge in [-0.2, -0.15) is 13.2 Å². The molecule has 1 N–H and O–H groups in total. The number of halogens is 4. The molecule has 12 heteroatoms.